The summed E-state index contributed by atoms with van der Waals surface area (Å²) in [6, 6.07) is 15.4. The van der Waals surface area contributed by atoms with E-state index < -0.39 is 11.9 Å². The van der Waals surface area contributed by atoms with E-state index >= 15 is 0 Å². The molecule has 0 saturated carbocycles. The molecular formula is C22H15BrN2O5. The van der Waals surface area contributed by atoms with E-state index in [2.05, 4.69) is 26.5 Å². The van der Waals surface area contributed by atoms with Crippen LogP contribution >= 0.6 is 15.9 Å². The van der Waals surface area contributed by atoms with Crippen LogP contribution in [0.25, 0.3) is 22.3 Å². The lowest BCUT2D eigenvalue weighted by atomic mass is 10.0. The minimum Gasteiger partial charge on any atom is -0.478 e. The first-order valence-corrected chi connectivity index (χ1v) is 9.66. The number of carboxylic acid groups (broad SMARTS) is 1. The molecule has 0 atom stereocenters. The van der Waals surface area contributed by atoms with Gasteiger partial charge in [-0.3, -0.25) is 4.79 Å². The molecule has 0 aliphatic carbocycles. The van der Waals surface area contributed by atoms with E-state index in [1.807, 2.05) is 19.1 Å². The third-order valence-electron chi connectivity index (χ3n) is 4.43. The van der Waals surface area contributed by atoms with E-state index in [1.165, 1.54) is 12.3 Å². The highest BCUT2D eigenvalue weighted by atomic mass is 79.9. The number of halogens is 1. The fourth-order valence-corrected chi connectivity index (χ4v) is 3.35. The Bertz CT molecular complexity index is 1300. The second-order valence-electron chi connectivity index (χ2n) is 6.53. The summed E-state index contributed by atoms with van der Waals surface area (Å²) in [7, 11) is 0. The average Bonchev–Trinajstić information content (AvgIpc) is 3.34. The maximum absolute atomic E-state index is 12.2. The van der Waals surface area contributed by atoms with Crippen LogP contribution in [0.3, 0.4) is 0 Å². The van der Waals surface area contributed by atoms with Crippen LogP contribution in [0.15, 0.2) is 73.0 Å². The molecule has 4 rings (SSSR count). The number of nitrogens with one attached hydrogen (secondary N) is 1. The van der Waals surface area contributed by atoms with Gasteiger partial charge in [0.15, 0.2) is 5.76 Å². The predicted molar refractivity (Wildman–Crippen MR) is 115 cm³/mol. The Hall–Kier alpha value is -3.65. The van der Waals surface area contributed by atoms with Gasteiger partial charge in [0.05, 0.1) is 11.8 Å². The van der Waals surface area contributed by atoms with Gasteiger partial charge in [0, 0.05) is 15.4 Å². The Morgan fingerprint density at radius 3 is 2.67 bits per heavy atom. The average molecular weight is 467 g/mol. The highest BCUT2D eigenvalue weighted by Gasteiger charge is 2.12. The smallest absolute Gasteiger partial charge is 0.335 e. The zero-order chi connectivity index (χ0) is 21.3. The van der Waals surface area contributed by atoms with Gasteiger partial charge in [0.2, 0.25) is 0 Å². The Labute approximate surface area is 179 Å². The highest BCUT2D eigenvalue weighted by Crippen LogP contribution is 2.26. The lowest BCUT2D eigenvalue weighted by Gasteiger charge is -2.03. The largest absolute Gasteiger partial charge is 0.478 e. The maximum Gasteiger partial charge on any atom is 0.335 e. The van der Waals surface area contributed by atoms with Crippen molar-refractivity contribution in [3.05, 3.63) is 81.7 Å². The minimum atomic E-state index is -0.982. The lowest BCUT2D eigenvalue weighted by molar-refractivity contribution is 0.0696. The van der Waals surface area contributed by atoms with Gasteiger partial charge in [-0.15, -0.1) is 0 Å². The van der Waals surface area contributed by atoms with Crippen molar-refractivity contribution in [2.45, 2.75) is 6.92 Å². The van der Waals surface area contributed by atoms with Gasteiger partial charge in [-0.1, -0.05) is 22.0 Å². The summed E-state index contributed by atoms with van der Waals surface area (Å²) >= 11 is 3.38. The van der Waals surface area contributed by atoms with Gasteiger partial charge in [0.1, 0.15) is 17.1 Å². The molecule has 30 heavy (non-hydrogen) atoms. The summed E-state index contributed by atoms with van der Waals surface area (Å²) in [6.45, 7) is 1.81. The van der Waals surface area contributed by atoms with Crippen LogP contribution < -0.4 is 5.43 Å². The summed E-state index contributed by atoms with van der Waals surface area (Å²) in [6.07, 6.45) is 1.38. The van der Waals surface area contributed by atoms with Crippen LogP contribution in [-0.4, -0.2) is 23.2 Å². The molecular weight excluding hydrogens is 452 g/mol. The number of carboxylic acids is 1. The van der Waals surface area contributed by atoms with Crippen LogP contribution in [0.1, 0.15) is 32.2 Å². The molecule has 4 aromatic rings. The van der Waals surface area contributed by atoms with Crippen molar-refractivity contribution in [2.24, 2.45) is 5.10 Å². The van der Waals surface area contributed by atoms with Crippen LogP contribution in [-0.2, 0) is 0 Å². The standard InChI is InChI=1S/C22H15BrN2O5/c1-12-8-13(22(27)28)2-5-17(12)19-7-4-16(29-19)11-24-25-21(26)20-10-14-9-15(23)3-6-18(14)30-20/h2-11H,1H3,(H,25,26)(H,27,28)/b24-11-. The molecule has 0 spiro atoms. The zero-order valence-electron chi connectivity index (χ0n) is 15.7. The summed E-state index contributed by atoms with van der Waals surface area (Å²) in [5, 5.41) is 13.8. The summed E-state index contributed by atoms with van der Waals surface area (Å²) in [5.74, 6) is -0.314. The number of fused-ring (bicyclic) bond motifs is 1. The number of hydrogen-bond donors (Lipinski definition) is 2. The second-order valence-corrected chi connectivity index (χ2v) is 7.44. The third-order valence-corrected chi connectivity index (χ3v) is 4.92. The van der Waals surface area contributed by atoms with E-state index in [4.69, 9.17) is 13.9 Å². The number of furan rings is 2. The predicted octanol–water partition coefficient (Wildman–Crippen LogP) is 5.23. The molecule has 2 N–H and O–H groups in total. The molecule has 0 bridgehead atoms. The van der Waals surface area contributed by atoms with Crippen molar-refractivity contribution >= 4 is 45.0 Å². The van der Waals surface area contributed by atoms with E-state index in [0.29, 0.717) is 17.1 Å². The van der Waals surface area contributed by atoms with Crippen molar-refractivity contribution < 1.29 is 23.5 Å². The zero-order valence-corrected chi connectivity index (χ0v) is 17.3. The summed E-state index contributed by atoms with van der Waals surface area (Å²) in [4.78, 5) is 23.3. The Balaban J connectivity index is 1.45. The maximum atomic E-state index is 12.2. The minimum absolute atomic E-state index is 0.148. The quantitative estimate of drug-likeness (QED) is 0.309. The van der Waals surface area contributed by atoms with Crippen LogP contribution in [0.2, 0.25) is 0 Å². The van der Waals surface area contributed by atoms with Gasteiger partial charge < -0.3 is 13.9 Å². The molecule has 1 amide bonds. The number of nitrogens with zero attached hydrogens (tertiary/aromatic N) is 1. The number of carbonyl (C=O) groups excluding carboxylic acids is 1. The lowest BCUT2D eigenvalue weighted by Crippen LogP contribution is -2.16. The first-order chi connectivity index (χ1) is 14.4. The normalized spacial score (nSPS) is 11.3. The van der Waals surface area contributed by atoms with E-state index in [1.54, 1.807) is 36.4 Å². The van der Waals surface area contributed by atoms with Crippen molar-refractivity contribution in [1.29, 1.82) is 0 Å². The van der Waals surface area contributed by atoms with E-state index in [9.17, 15) is 9.59 Å². The topological polar surface area (TPSA) is 105 Å². The fourth-order valence-electron chi connectivity index (χ4n) is 2.98. The van der Waals surface area contributed by atoms with Crippen LogP contribution in [0, 0.1) is 6.92 Å². The second kappa shape index (κ2) is 8.00. The monoisotopic (exact) mass is 466 g/mol. The molecule has 0 aliphatic rings. The molecule has 150 valence electrons. The molecule has 8 heteroatoms. The van der Waals surface area contributed by atoms with Crippen LogP contribution in [0.5, 0.6) is 0 Å². The first kappa shape index (κ1) is 19.7. The van der Waals surface area contributed by atoms with Crippen molar-refractivity contribution in [1.82, 2.24) is 5.43 Å². The molecule has 0 unspecified atom stereocenters. The van der Waals surface area contributed by atoms with Gasteiger partial charge in [-0.25, -0.2) is 10.2 Å². The number of carbonyl (C=O) groups is 2. The van der Waals surface area contributed by atoms with Crippen molar-refractivity contribution in [3.63, 3.8) is 0 Å². The van der Waals surface area contributed by atoms with E-state index in [-0.39, 0.29) is 11.3 Å². The molecule has 0 saturated heterocycles. The number of amides is 1. The van der Waals surface area contributed by atoms with Gasteiger partial charge >= 0.3 is 11.9 Å². The van der Waals surface area contributed by atoms with E-state index in [0.717, 1.165) is 21.0 Å². The fraction of sp³-hybridized carbons (Fsp3) is 0.0455. The molecule has 2 heterocycles. The van der Waals surface area contributed by atoms with Crippen molar-refractivity contribution in [3.8, 4) is 11.3 Å². The first-order valence-electron chi connectivity index (χ1n) is 8.87. The third kappa shape index (κ3) is 4.04. The number of rotatable bonds is 5. The van der Waals surface area contributed by atoms with Crippen molar-refractivity contribution in [2.75, 3.05) is 0 Å². The molecule has 2 aromatic carbocycles. The highest BCUT2D eigenvalue weighted by molar-refractivity contribution is 9.10. The number of aromatic carboxylic acids is 1. The Morgan fingerprint density at radius 1 is 1.07 bits per heavy atom. The Kier molecular flexibility index (Phi) is 5.24. The van der Waals surface area contributed by atoms with Crippen LogP contribution in [0.4, 0.5) is 0 Å². The number of benzene rings is 2. The number of hydrogen-bond acceptors (Lipinski definition) is 5. The number of aryl methyl sites for hydroxylation is 1. The van der Waals surface area contributed by atoms with Gasteiger partial charge in [0.25, 0.3) is 0 Å². The molecule has 0 aliphatic heterocycles. The Morgan fingerprint density at radius 2 is 1.90 bits per heavy atom. The molecule has 2 aromatic heterocycles. The van der Waals surface area contributed by atoms with Gasteiger partial charge in [-0.05, 0) is 61.0 Å². The summed E-state index contributed by atoms with van der Waals surface area (Å²) < 4.78 is 12.1. The summed E-state index contributed by atoms with van der Waals surface area (Å²) in [5.41, 5.74) is 4.77. The molecule has 0 radical (unpaired) electrons. The van der Waals surface area contributed by atoms with Gasteiger partial charge in [-0.2, -0.15) is 5.10 Å². The molecule has 0 fully saturated rings. The number of hydrazone groups is 1. The SMILES string of the molecule is Cc1cc(C(=O)O)ccc1-c1ccc(/C=N\NC(=O)c2cc3cc(Br)ccc3o2)o1. The molecule has 7 nitrogen and oxygen atoms in total.